The van der Waals surface area contributed by atoms with Crippen molar-refractivity contribution in [1.29, 1.82) is 0 Å². The molecule has 0 aliphatic carbocycles. The lowest BCUT2D eigenvalue weighted by atomic mass is 10.1. The summed E-state index contributed by atoms with van der Waals surface area (Å²) in [6, 6.07) is 17.8. The van der Waals surface area contributed by atoms with E-state index in [0.717, 1.165) is 21.7 Å². The van der Waals surface area contributed by atoms with Gasteiger partial charge in [0.15, 0.2) is 0 Å². The van der Waals surface area contributed by atoms with Crippen molar-refractivity contribution in [2.45, 2.75) is 13.8 Å². The molecule has 0 radical (unpaired) electrons. The molecule has 0 aliphatic rings. The summed E-state index contributed by atoms with van der Waals surface area (Å²) in [6.07, 6.45) is 0. The molecule has 0 N–H and O–H groups in total. The first-order valence-corrected chi connectivity index (χ1v) is 6.51. The Morgan fingerprint density at radius 1 is 0.737 bits per heavy atom. The van der Waals surface area contributed by atoms with E-state index < -0.39 is 0 Å². The summed E-state index contributed by atoms with van der Waals surface area (Å²) in [4.78, 5) is 0. The molecule has 0 saturated heterocycles. The summed E-state index contributed by atoms with van der Waals surface area (Å²) < 4.78 is 0. The Morgan fingerprint density at radius 3 is 1.53 bits per heavy atom. The van der Waals surface area contributed by atoms with Crippen LogP contribution in [0.2, 0.25) is 5.02 Å². The third kappa shape index (κ3) is 5.58. The van der Waals surface area contributed by atoms with Gasteiger partial charge >= 0.3 is 0 Å². The zero-order valence-corrected chi connectivity index (χ0v) is 12.2. The van der Waals surface area contributed by atoms with Gasteiger partial charge in [-0.25, -0.2) is 0 Å². The van der Waals surface area contributed by atoms with E-state index in [-0.39, 0.29) is 0 Å². The number of allylic oxidation sites excluding steroid dienone is 2. The highest BCUT2D eigenvalue weighted by molar-refractivity contribution is 6.30. The fourth-order valence-corrected chi connectivity index (χ4v) is 1.58. The van der Waals surface area contributed by atoms with Gasteiger partial charge < -0.3 is 0 Å². The second-order valence-electron chi connectivity index (χ2n) is 4.43. The molecule has 0 spiro atoms. The van der Waals surface area contributed by atoms with Crippen LogP contribution in [0.3, 0.4) is 0 Å². The van der Waals surface area contributed by atoms with Crippen LogP contribution in [0.5, 0.6) is 0 Å². The van der Waals surface area contributed by atoms with Crippen molar-refractivity contribution in [1.82, 2.24) is 0 Å². The third-order valence-electron chi connectivity index (χ3n) is 2.60. The molecule has 0 amide bonds. The minimum Gasteiger partial charge on any atom is -0.0955 e. The molecule has 0 saturated carbocycles. The van der Waals surface area contributed by atoms with Gasteiger partial charge in [-0.3, -0.25) is 0 Å². The second-order valence-corrected chi connectivity index (χ2v) is 4.87. The van der Waals surface area contributed by atoms with Crippen molar-refractivity contribution in [3.05, 3.63) is 83.9 Å². The molecule has 98 valence electrons. The van der Waals surface area contributed by atoms with E-state index in [2.05, 4.69) is 25.3 Å². The lowest BCUT2D eigenvalue weighted by Gasteiger charge is -1.97. The van der Waals surface area contributed by atoms with Crippen LogP contribution < -0.4 is 0 Å². The first kappa shape index (κ1) is 15.3. The van der Waals surface area contributed by atoms with Crippen LogP contribution >= 0.6 is 11.6 Å². The smallest absolute Gasteiger partial charge is 0.0406 e. The summed E-state index contributed by atoms with van der Waals surface area (Å²) in [5.74, 6) is 0. The number of halogens is 1. The Kier molecular flexibility index (Phi) is 6.11. The van der Waals surface area contributed by atoms with Crippen molar-refractivity contribution in [3.8, 4) is 0 Å². The third-order valence-corrected chi connectivity index (χ3v) is 2.86. The molecular weight excluding hydrogens is 252 g/mol. The molecule has 0 unspecified atom stereocenters. The summed E-state index contributed by atoms with van der Waals surface area (Å²) in [6.45, 7) is 11.6. The maximum absolute atomic E-state index is 5.69. The highest BCUT2D eigenvalue weighted by Gasteiger charge is 1.90. The van der Waals surface area contributed by atoms with Crippen molar-refractivity contribution >= 4 is 22.7 Å². The van der Waals surface area contributed by atoms with E-state index in [1.807, 2.05) is 56.3 Å². The van der Waals surface area contributed by atoms with Crippen LogP contribution in [0.25, 0.3) is 11.1 Å². The van der Waals surface area contributed by atoms with E-state index in [0.29, 0.717) is 0 Å². The molecule has 0 bridgehead atoms. The van der Waals surface area contributed by atoms with E-state index in [9.17, 15) is 0 Å². The van der Waals surface area contributed by atoms with Gasteiger partial charge in [0.2, 0.25) is 0 Å². The predicted molar refractivity (Wildman–Crippen MR) is 87.3 cm³/mol. The molecule has 0 heterocycles. The largest absolute Gasteiger partial charge is 0.0955 e. The predicted octanol–water partition coefficient (Wildman–Crippen LogP) is 6.09. The van der Waals surface area contributed by atoms with Crippen LogP contribution in [-0.2, 0) is 0 Å². The molecule has 19 heavy (non-hydrogen) atoms. The van der Waals surface area contributed by atoms with Gasteiger partial charge in [-0.15, -0.1) is 0 Å². The average Bonchev–Trinajstić information content (AvgIpc) is 2.41. The Hall–Kier alpha value is -1.79. The van der Waals surface area contributed by atoms with Crippen molar-refractivity contribution in [2.24, 2.45) is 0 Å². The maximum atomic E-state index is 5.69. The van der Waals surface area contributed by atoms with Crippen molar-refractivity contribution in [2.75, 3.05) is 0 Å². The highest BCUT2D eigenvalue weighted by atomic mass is 35.5. The molecule has 2 aromatic rings. The van der Waals surface area contributed by atoms with E-state index in [4.69, 9.17) is 11.6 Å². The summed E-state index contributed by atoms with van der Waals surface area (Å²) in [5.41, 5.74) is 4.55. The molecule has 0 aliphatic heterocycles. The Bertz CT molecular complexity index is 536. The molecule has 2 rings (SSSR count). The zero-order chi connectivity index (χ0) is 14.3. The molecule has 0 atom stereocenters. The molecule has 0 nitrogen and oxygen atoms in total. The molecular formula is C18H19Cl. The summed E-state index contributed by atoms with van der Waals surface area (Å²) >= 11 is 5.69. The van der Waals surface area contributed by atoms with E-state index in [1.165, 1.54) is 5.56 Å². The first-order valence-electron chi connectivity index (χ1n) is 6.13. The van der Waals surface area contributed by atoms with Gasteiger partial charge in [0.25, 0.3) is 0 Å². The fourth-order valence-electron chi connectivity index (χ4n) is 1.46. The number of hydrogen-bond acceptors (Lipinski definition) is 0. The topological polar surface area (TPSA) is 0 Å². The van der Waals surface area contributed by atoms with Gasteiger partial charge in [0.05, 0.1) is 0 Å². The Morgan fingerprint density at radius 2 is 1.16 bits per heavy atom. The second kappa shape index (κ2) is 7.60. The van der Waals surface area contributed by atoms with Gasteiger partial charge in [-0.2, -0.15) is 0 Å². The maximum Gasteiger partial charge on any atom is 0.0406 e. The van der Waals surface area contributed by atoms with E-state index >= 15 is 0 Å². The normalized spacial score (nSPS) is 9.21. The molecule has 0 fully saturated rings. The van der Waals surface area contributed by atoms with Crippen LogP contribution in [0, 0.1) is 0 Å². The lowest BCUT2D eigenvalue weighted by molar-refractivity contribution is 1.58. The van der Waals surface area contributed by atoms with Crippen LogP contribution in [-0.4, -0.2) is 0 Å². The summed E-state index contributed by atoms with van der Waals surface area (Å²) in [7, 11) is 0. The van der Waals surface area contributed by atoms with E-state index in [1.54, 1.807) is 0 Å². The molecule has 2 aromatic carbocycles. The number of hydrogen-bond donors (Lipinski definition) is 0. The first-order chi connectivity index (χ1) is 9.00. The fraction of sp³-hybridized carbons (Fsp3) is 0.111. The molecule has 1 heteroatoms. The quantitative estimate of drug-likeness (QED) is 0.619. The van der Waals surface area contributed by atoms with Gasteiger partial charge in [-0.05, 0) is 37.1 Å². The van der Waals surface area contributed by atoms with Crippen LogP contribution in [0.15, 0.2) is 67.8 Å². The Balaban J connectivity index is 0.000000191. The van der Waals surface area contributed by atoms with Crippen LogP contribution in [0.4, 0.5) is 0 Å². The lowest BCUT2D eigenvalue weighted by Crippen LogP contribution is -1.74. The minimum atomic E-state index is 0.769. The summed E-state index contributed by atoms with van der Waals surface area (Å²) in [5, 5.41) is 0.769. The van der Waals surface area contributed by atoms with Crippen LogP contribution in [0.1, 0.15) is 25.0 Å². The van der Waals surface area contributed by atoms with Gasteiger partial charge in [0.1, 0.15) is 0 Å². The van der Waals surface area contributed by atoms with Gasteiger partial charge in [-0.1, -0.05) is 78.4 Å². The van der Waals surface area contributed by atoms with Crippen molar-refractivity contribution < 1.29 is 0 Å². The Labute approximate surface area is 121 Å². The number of rotatable bonds is 2. The minimum absolute atomic E-state index is 0.769. The molecule has 0 aromatic heterocycles. The van der Waals surface area contributed by atoms with Gasteiger partial charge in [0, 0.05) is 5.02 Å². The SMILES string of the molecule is C=C(C)c1ccc(Cl)cc1.C=C(C)c1ccccc1. The van der Waals surface area contributed by atoms with Crippen molar-refractivity contribution in [3.63, 3.8) is 0 Å². The average molecular weight is 271 g/mol. The standard InChI is InChI=1S/C9H9Cl.C9H10/c1-7(2)8-3-5-9(10)6-4-8;1-8(2)9-6-4-3-5-7-9/h3-6H,1H2,2H3;3-7H,1H2,2H3. The number of benzene rings is 2. The highest BCUT2D eigenvalue weighted by Crippen LogP contribution is 2.14. The zero-order valence-electron chi connectivity index (χ0n) is 11.5. The monoisotopic (exact) mass is 270 g/mol.